The van der Waals surface area contributed by atoms with Crippen molar-refractivity contribution in [2.45, 2.75) is 43.0 Å². The summed E-state index contributed by atoms with van der Waals surface area (Å²) in [5.41, 5.74) is 10.2. The minimum absolute atomic E-state index is 0.213. The number of hydrogen-bond donors (Lipinski definition) is 0. The molecule has 3 nitrogen and oxygen atoms in total. The second-order valence-corrected chi connectivity index (χ2v) is 7.30. The molecule has 2 saturated carbocycles. The van der Waals surface area contributed by atoms with E-state index in [0.29, 0.717) is 16.7 Å². The minimum atomic E-state index is 0.213. The van der Waals surface area contributed by atoms with E-state index >= 15 is 0 Å². The zero-order valence-corrected chi connectivity index (χ0v) is 13.1. The van der Waals surface area contributed by atoms with Gasteiger partial charge < -0.3 is 0 Å². The van der Waals surface area contributed by atoms with E-state index in [2.05, 4.69) is 56.3 Å². The van der Waals surface area contributed by atoms with E-state index in [4.69, 9.17) is 5.53 Å². The molecule has 2 aliphatic carbocycles. The van der Waals surface area contributed by atoms with E-state index in [-0.39, 0.29) is 6.04 Å². The average molecular weight is 334 g/mol. The molecule has 20 heavy (non-hydrogen) atoms. The smallest absolute Gasteiger partial charge is 0.0405 e. The summed E-state index contributed by atoms with van der Waals surface area (Å²) >= 11 is 3.89. The summed E-state index contributed by atoms with van der Waals surface area (Å²) in [4.78, 5) is 3.72. The van der Waals surface area contributed by atoms with Crippen LogP contribution in [0.4, 0.5) is 0 Å². The molecule has 0 aliphatic heterocycles. The van der Waals surface area contributed by atoms with Crippen LogP contribution in [0.3, 0.4) is 0 Å². The molecule has 3 rings (SSSR count). The molecule has 0 spiro atoms. The monoisotopic (exact) mass is 333 g/mol. The lowest BCUT2D eigenvalue weighted by atomic mass is 9.61. The molecule has 0 saturated heterocycles. The van der Waals surface area contributed by atoms with Crippen LogP contribution in [0.25, 0.3) is 10.4 Å². The van der Waals surface area contributed by atoms with E-state index < -0.39 is 0 Å². The number of hydrogen-bond acceptors (Lipinski definition) is 1. The largest absolute Gasteiger partial charge is 0.0903 e. The van der Waals surface area contributed by atoms with Crippen molar-refractivity contribution in [2.24, 2.45) is 22.9 Å². The van der Waals surface area contributed by atoms with E-state index in [1.165, 1.54) is 24.8 Å². The Morgan fingerprint density at radius 1 is 1.10 bits per heavy atom. The number of rotatable bonds is 3. The highest BCUT2D eigenvalue weighted by molar-refractivity contribution is 9.09. The SMILES string of the molecule is [N-]=[N+]=NC1CCC2C(Br)CCC1C2Cc1ccccc1. The third-order valence-corrected chi connectivity index (χ3v) is 6.28. The van der Waals surface area contributed by atoms with Gasteiger partial charge in [0.05, 0.1) is 0 Å². The summed E-state index contributed by atoms with van der Waals surface area (Å²) in [6.45, 7) is 0. The highest BCUT2D eigenvalue weighted by atomic mass is 79.9. The van der Waals surface area contributed by atoms with Crippen molar-refractivity contribution in [2.75, 3.05) is 0 Å². The number of azide groups is 1. The van der Waals surface area contributed by atoms with E-state index in [1.807, 2.05) is 0 Å². The number of halogens is 1. The Morgan fingerprint density at radius 3 is 2.60 bits per heavy atom. The van der Waals surface area contributed by atoms with Gasteiger partial charge >= 0.3 is 0 Å². The van der Waals surface area contributed by atoms with E-state index in [0.717, 1.165) is 18.8 Å². The maximum absolute atomic E-state index is 8.79. The van der Waals surface area contributed by atoms with Crippen LogP contribution in [-0.4, -0.2) is 10.9 Å². The summed E-state index contributed by atoms with van der Waals surface area (Å²) in [5, 5.41) is 4.09. The van der Waals surface area contributed by atoms with Crippen LogP contribution in [0.1, 0.15) is 31.2 Å². The fourth-order valence-electron chi connectivity index (χ4n) is 4.21. The highest BCUT2D eigenvalue weighted by Crippen LogP contribution is 2.49. The Morgan fingerprint density at radius 2 is 1.85 bits per heavy atom. The van der Waals surface area contributed by atoms with Crippen LogP contribution >= 0.6 is 15.9 Å². The summed E-state index contributed by atoms with van der Waals surface area (Å²) < 4.78 is 0. The third kappa shape index (κ3) is 2.72. The maximum atomic E-state index is 8.79. The van der Waals surface area contributed by atoms with Gasteiger partial charge in [-0.2, -0.15) is 0 Å². The lowest BCUT2D eigenvalue weighted by Crippen LogP contribution is -2.45. The molecule has 2 bridgehead atoms. The molecule has 1 aromatic carbocycles. The summed E-state index contributed by atoms with van der Waals surface area (Å²) in [5.74, 6) is 1.96. The Bertz CT molecular complexity index is 498. The van der Waals surface area contributed by atoms with Crippen LogP contribution in [-0.2, 0) is 6.42 Å². The van der Waals surface area contributed by atoms with Crippen LogP contribution in [0, 0.1) is 17.8 Å². The molecule has 4 heteroatoms. The van der Waals surface area contributed by atoms with E-state index in [1.54, 1.807) is 0 Å². The molecule has 0 heterocycles. The molecule has 2 fully saturated rings. The van der Waals surface area contributed by atoms with Crippen molar-refractivity contribution in [3.8, 4) is 0 Å². The zero-order chi connectivity index (χ0) is 13.9. The lowest BCUT2D eigenvalue weighted by Gasteiger charge is -2.48. The first-order valence-electron chi connectivity index (χ1n) is 7.52. The molecule has 0 aromatic heterocycles. The van der Waals surface area contributed by atoms with Gasteiger partial charge in [0.25, 0.3) is 0 Å². The quantitative estimate of drug-likeness (QED) is 0.319. The first kappa shape index (κ1) is 14.0. The Kier molecular flexibility index (Phi) is 4.32. The van der Waals surface area contributed by atoms with Gasteiger partial charge in [0.2, 0.25) is 0 Å². The van der Waals surface area contributed by atoms with Gasteiger partial charge in [-0.3, -0.25) is 0 Å². The second kappa shape index (κ2) is 6.19. The lowest BCUT2D eigenvalue weighted by molar-refractivity contribution is 0.0817. The summed E-state index contributed by atoms with van der Waals surface area (Å²) in [7, 11) is 0. The molecular formula is C16H20BrN3. The van der Waals surface area contributed by atoms with Gasteiger partial charge in [-0.15, -0.1) is 0 Å². The maximum Gasteiger partial charge on any atom is 0.0405 e. The fraction of sp³-hybridized carbons (Fsp3) is 0.625. The molecule has 0 radical (unpaired) electrons. The molecular weight excluding hydrogens is 314 g/mol. The number of alkyl halides is 1. The number of nitrogens with zero attached hydrogens (tertiary/aromatic N) is 3. The standard InChI is InChI=1S/C16H20BrN3/c17-15-8-6-13-14(10-11-4-2-1-3-5-11)12(15)7-9-16(13)19-20-18/h1-5,12-16H,6-10H2. The molecule has 1 aromatic rings. The Hall–Kier alpha value is -0.990. The van der Waals surface area contributed by atoms with Crippen molar-refractivity contribution >= 4 is 15.9 Å². The van der Waals surface area contributed by atoms with Crippen molar-refractivity contribution in [1.29, 1.82) is 0 Å². The van der Waals surface area contributed by atoms with Gasteiger partial charge in [-0.25, -0.2) is 0 Å². The van der Waals surface area contributed by atoms with Crippen molar-refractivity contribution < 1.29 is 0 Å². The molecule has 5 unspecified atom stereocenters. The van der Waals surface area contributed by atoms with Gasteiger partial charge in [0.15, 0.2) is 0 Å². The van der Waals surface area contributed by atoms with Gasteiger partial charge in [0.1, 0.15) is 0 Å². The number of benzene rings is 1. The van der Waals surface area contributed by atoms with Crippen molar-refractivity contribution in [3.05, 3.63) is 46.3 Å². The zero-order valence-electron chi connectivity index (χ0n) is 11.5. The summed E-state index contributed by atoms with van der Waals surface area (Å²) in [6.07, 6.45) is 5.78. The predicted octanol–water partition coefficient (Wildman–Crippen LogP) is 5.11. The third-order valence-electron chi connectivity index (χ3n) is 5.14. The molecule has 2 aliphatic rings. The second-order valence-electron chi connectivity index (χ2n) is 6.12. The Labute approximate surface area is 128 Å². The first-order chi connectivity index (χ1) is 9.79. The fourth-order valence-corrected chi connectivity index (χ4v) is 5.13. The van der Waals surface area contributed by atoms with Gasteiger partial charge in [-0.1, -0.05) is 51.4 Å². The van der Waals surface area contributed by atoms with Crippen LogP contribution < -0.4 is 0 Å². The summed E-state index contributed by atoms with van der Waals surface area (Å²) in [6, 6.07) is 11.0. The predicted molar refractivity (Wildman–Crippen MR) is 84.7 cm³/mol. The molecule has 0 amide bonds. The van der Waals surface area contributed by atoms with Crippen LogP contribution in [0.15, 0.2) is 35.4 Å². The molecule has 5 atom stereocenters. The van der Waals surface area contributed by atoms with Crippen LogP contribution in [0.5, 0.6) is 0 Å². The van der Waals surface area contributed by atoms with Gasteiger partial charge in [-0.05, 0) is 61.0 Å². The van der Waals surface area contributed by atoms with E-state index in [9.17, 15) is 0 Å². The average Bonchev–Trinajstić information content (AvgIpc) is 2.46. The topological polar surface area (TPSA) is 48.8 Å². The van der Waals surface area contributed by atoms with Gasteiger partial charge in [0, 0.05) is 15.8 Å². The number of fused-ring (bicyclic) bond motifs is 2. The minimum Gasteiger partial charge on any atom is -0.0903 e. The first-order valence-corrected chi connectivity index (χ1v) is 8.43. The highest BCUT2D eigenvalue weighted by Gasteiger charge is 2.44. The van der Waals surface area contributed by atoms with Crippen molar-refractivity contribution in [1.82, 2.24) is 0 Å². The normalized spacial score (nSPS) is 36.1. The molecule has 106 valence electrons. The molecule has 0 N–H and O–H groups in total. The Balaban J connectivity index is 1.83. The van der Waals surface area contributed by atoms with Crippen LogP contribution in [0.2, 0.25) is 0 Å². The van der Waals surface area contributed by atoms with Crippen molar-refractivity contribution in [3.63, 3.8) is 0 Å².